The zero-order valence-electron chi connectivity index (χ0n) is 9.25. The van der Waals surface area contributed by atoms with Crippen molar-refractivity contribution in [3.05, 3.63) is 29.8 Å². The fourth-order valence-electron chi connectivity index (χ4n) is 1.87. The molecule has 2 rings (SSSR count). The van der Waals surface area contributed by atoms with Crippen LogP contribution >= 0.6 is 11.6 Å². The highest BCUT2D eigenvalue weighted by atomic mass is 35.5. The highest BCUT2D eigenvalue weighted by Gasteiger charge is 2.32. The zero-order valence-corrected chi connectivity index (χ0v) is 10.0. The molecule has 1 aliphatic rings. The van der Waals surface area contributed by atoms with Crippen molar-refractivity contribution >= 4 is 23.6 Å². The third-order valence-electron chi connectivity index (χ3n) is 2.78. The summed E-state index contributed by atoms with van der Waals surface area (Å²) in [5.74, 6) is 0.465. The van der Waals surface area contributed by atoms with Crippen LogP contribution in [0.15, 0.2) is 24.3 Å². The van der Waals surface area contributed by atoms with E-state index in [1.54, 1.807) is 0 Å². The molecule has 1 aromatic rings. The van der Waals surface area contributed by atoms with Gasteiger partial charge in [0.2, 0.25) is 0 Å². The second-order valence-corrected chi connectivity index (χ2v) is 4.19. The van der Waals surface area contributed by atoms with Crippen molar-refractivity contribution in [1.29, 1.82) is 0 Å². The Balaban J connectivity index is 2.16. The first kappa shape index (κ1) is 12.4. The summed E-state index contributed by atoms with van der Waals surface area (Å²) in [6, 6.07) is 7.63. The van der Waals surface area contributed by atoms with Crippen LogP contribution < -0.4 is 4.90 Å². The molecule has 0 spiro atoms. The van der Waals surface area contributed by atoms with Gasteiger partial charge in [0.25, 0.3) is 0 Å². The van der Waals surface area contributed by atoms with E-state index >= 15 is 0 Å². The number of carbonyl (C=O) groups is 1. The van der Waals surface area contributed by atoms with Gasteiger partial charge in [0.05, 0.1) is 6.61 Å². The molecular formula is C12H14ClNO3. The first-order valence-electron chi connectivity index (χ1n) is 5.41. The van der Waals surface area contributed by atoms with Crippen molar-refractivity contribution in [2.75, 3.05) is 18.1 Å². The van der Waals surface area contributed by atoms with E-state index in [4.69, 9.17) is 21.4 Å². The number of benzene rings is 1. The molecule has 1 saturated heterocycles. The average molecular weight is 256 g/mol. The van der Waals surface area contributed by atoms with Crippen LogP contribution in [0.1, 0.15) is 5.56 Å². The standard InChI is InChI=1S/C12H14ClNO3/c13-5-9-1-3-10(4-2-9)14-6-11(7-15)17-12(14)8-16/h1-4,8,11-12,15H,5-7H2. The fourth-order valence-corrected chi connectivity index (χ4v) is 2.05. The number of hydrogen-bond acceptors (Lipinski definition) is 4. The molecule has 0 radical (unpaired) electrons. The molecule has 1 N–H and O–H groups in total. The van der Waals surface area contributed by atoms with Gasteiger partial charge in [-0.05, 0) is 17.7 Å². The minimum atomic E-state index is -0.617. The Morgan fingerprint density at radius 3 is 2.71 bits per heavy atom. The highest BCUT2D eigenvalue weighted by Crippen LogP contribution is 2.24. The molecule has 1 fully saturated rings. The molecule has 2 unspecified atom stereocenters. The number of aliphatic hydroxyl groups is 1. The van der Waals surface area contributed by atoms with Crippen LogP contribution in [0, 0.1) is 0 Å². The van der Waals surface area contributed by atoms with Gasteiger partial charge < -0.3 is 14.7 Å². The Hall–Kier alpha value is -1.10. The van der Waals surface area contributed by atoms with E-state index in [-0.39, 0.29) is 12.7 Å². The number of anilines is 1. The minimum Gasteiger partial charge on any atom is -0.394 e. The summed E-state index contributed by atoms with van der Waals surface area (Å²) in [7, 11) is 0. The van der Waals surface area contributed by atoms with E-state index < -0.39 is 6.23 Å². The largest absolute Gasteiger partial charge is 0.394 e. The summed E-state index contributed by atoms with van der Waals surface area (Å²) in [5.41, 5.74) is 1.92. The SMILES string of the molecule is O=CC1OC(CO)CN1c1ccc(CCl)cc1. The van der Waals surface area contributed by atoms with Gasteiger partial charge in [0.15, 0.2) is 12.5 Å². The second kappa shape index (κ2) is 5.49. The Labute approximate surface area is 105 Å². The van der Waals surface area contributed by atoms with Gasteiger partial charge in [-0.2, -0.15) is 0 Å². The number of carbonyl (C=O) groups excluding carboxylic acids is 1. The quantitative estimate of drug-likeness (QED) is 0.648. The van der Waals surface area contributed by atoms with Gasteiger partial charge in [-0.3, -0.25) is 4.79 Å². The Morgan fingerprint density at radius 2 is 2.18 bits per heavy atom. The third kappa shape index (κ3) is 2.60. The second-order valence-electron chi connectivity index (χ2n) is 3.92. The van der Waals surface area contributed by atoms with Gasteiger partial charge in [-0.1, -0.05) is 12.1 Å². The van der Waals surface area contributed by atoms with E-state index in [0.717, 1.165) is 17.5 Å². The molecule has 1 heterocycles. The zero-order chi connectivity index (χ0) is 12.3. The van der Waals surface area contributed by atoms with E-state index in [2.05, 4.69) is 0 Å². The number of halogens is 1. The van der Waals surface area contributed by atoms with Gasteiger partial charge in [-0.25, -0.2) is 0 Å². The molecule has 4 nitrogen and oxygen atoms in total. The average Bonchev–Trinajstić information content (AvgIpc) is 2.82. The summed E-state index contributed by atoms with van der Waals surface area (Å²) in [4.78, 5) is 12.7. The lowest BCUT2D eigenvalue weighted by Gasteiger charge is -2.20. The third-order valence-corrected chi connectivity index (χ3v) is 3.09. The van der Waals surface area contributed by atoms with E-state index in [1.807, 2.05) is 29.2 Å². The van der Waals surface area contributed by atoms with Crippen molar-refractivity contribution in [1.82, 2.24) is 0 Å². The summed E-state index contributed by atoms with van der Waals surface area (Å²) < 4.78 is 5.37. The predicted octanol–water partition coefficient (Wildman–Crippen LogP) is 1.15. The van der Waals surface area contributed by atoms with Crippen molar-refractivity contribution in [2.45, 2.75) is 18.2 Å². The van der Waals surface area contributed by atoms with Crippen molar-refractivity contribution in [3.63, 3.8) is 0 Å². The first-order valence-corrected chi connectivity index (χ1v) is 5.95. The fraction of sp³-hybridized carbons (Fsp3) is 0.417. The van der Waals surface area contributed by atoms with Gasteiger partial charge in [0, 0.05) is 18.1 Å². The van der Waals surface area contributed by atoms with Crippen LogP contribution in [0.25, 0.3) is 0 Å². The van der Waals surface area contributed by atoms with Crippen LogP contribution in [-0.4, -0.2) is 36.9 Å². The summed E-state index contributed by atoms with van der Waals surface area (Å²) in [5, 5.41) is 9.04. The lowest BCUT2D eigenvalue weighted by molar-refractivity contribution is -0.117. The number of ether oxygens (including phenoxy) is 1. The van der Waals surface area contributed by atoms with Gasteiger partial charge >= 0.3 is 0 Å². The Morgan fingerprint density at radius 1 is 1.47 bits per heavy atom. The van der Waals surface area contributed by atoms with Crippen molar-refractivity contribution in [3.8, 4) is 0 Å². The molecule has 5 heteroatoms. The van der Waals surface area contributed by atoms with Crippen LogP contribution in [0.2, 0.25) is 0 Å². The monoisotopic (exact) mass is 255 g/mol. The number of nitrogens with zero attached hydrogens (tertiary/aromatic N) is 1. The van der Waals surface area contributed by atoms with Crippen molar-refractivity contribution < 1.29 is 14.6 Å². The summed E-state index contributed by atoms with van der Waals surface area (Å²) in [6.07, 6.45) is -0.183. The molecule has 92 valence electrons. The van der Waals surface area contributed by atoms with Crippen LogP contribution in [0.5, 0.6) is 0 Å². The first-order chi connectivity index (χ1) is 8.28. The summed E-state index contributed by atoms with van der Waals surface area (Å²) in [6.45, 7) is 0.431. The maximum atomic E-state index is 10.9. The highest BCUT2D eigenvalue weighted by molar-refractivity contribution is 6.17. The molecule has 0 aromatic heterocycles. The lowest BCUT2D eigenvalue weighted by Crippen LogP contribution is -2.31. The summed E-state index contributed by atoms with van der Waals surface area (Å²) >= 11 is 5.71. The number of rotatable bonds is 4. The number of aldehydes is 1. The Bertz CT molecular complexity index is 382. The molecule has 0 amide bonds. The van der Waals surface area contributed by atoms with E-state index in [1.165, 1.54) is 0 Å². The van der Waals surface area contributed by atoms with Gasteiger partial charge in [0.1, 0.15) is 6.10 Å². The van der Waals surface area contributed by atoms with Crippen LogP contribution in [-0.2, 0) is 15.4 Å². The molecular weight excluding hydrogens is 242 g/mol. The molecule has 0 bridgehead atoms. The van der Waals surface area contributed by atoms with Gasteiger partial charge in [-0.15, -0.1) is 11.6 Å². The van der Waals surface area contributed by atoms with Crippen LogP contribution in [0.3, 0.4) is 0 Å². The molecule has 17 heavy (non-hydrogen) atoms. The number of aliphatic hydroxyl groups excluding tert-OH is 1. The molecule has 2 atom stereocenters. The smallest absolute Gasteiger partial charge is 0.187 e. The lowest BCUT2D eigenvalue weighted by atomic mass is 10.2. The molecule has 1 aliphatic heterocycles. The number of alkyl halides is 1. The Kier molecular flexibility index (Phi) is 3.99. The van der Waals surface area contributed by atoms with E-state index in [9.17, 15) is 4.79 Å². The topological polar surface area (TPSA) is 49.8 Å². The molecule has 0 aliphatic carbocycles. The minimum absolute atomic E-state index is 0.0827. The maximum Gasteiger partial charge on any atom is 0.187 e. The van der Waals surface area contributed by atoms with Crippen molar-refractivity contribution in [2.24, 2.45) is 0 Å². The maximum absolute atomic E-state index is 10.9. The van der Waals surface area contributed by atoms with Crippen LogP contribution in [0.4, 0.5) is 5.69 Å². The molecule has 0 saturated carbocycles. The number of hydrogen-bond donors (Lipinski definition) is 1. The molecule has 1 aromatic carbocycles. The predicted molar refractivity (Wildman–Crippen MR) is 65.2 cm³/mol. The van der Waals surface area contributed by atoms with E-state index in [0.29, 0.717) is 12.4 Å². The normalized spacial score (nSPS) is 24.0.